The summed E-state index contributed by atoms with van der Waals surface area (Å²) in [6.45, 7) is 1.88. The van der Waals surface area contributed by atoms with E-state index in [9.17, 15) is 9.59 Å². The zero-order valence-corrected chi connectivity index (χ0v) is 12.0. The fourth-order valence-electron chi connectivity index (χ4n) is 3.12. The van der Waals surface area contributed by atoms with Gasteiger partial charge in [0.05, 0.1) is 11.7 Å². The number of carbonyl (C=O) groups excluding carboxylic acids is 1. The van der Waals surface area contributed by atoms with Crippen molar-refractivity contribution in [2.75, 3.05) is 6.54 Å². The van der Waals surface area contributed by atoms with Gasteiger partial charge in [-0.2, -0.15) is 0 Å². The van der Waals surface area contributed by atoms with Crippen molar-refractivity contribution in [2.24, 2.45) is 0 Å². The number of ether oxygens (including phenoxy) is 1. The minimum Gasteiger partial charge on any atom is -0.480 e. The largest absolute Gasteiger partial charge is 0.480 e. The number of rotatable bonds is 4. The van der Waals surface area contributed by atoms with Crippen LogP contribution in [0.1, 0.15) is 51.9 Å². The smallest absolute Gasteiger partial charge is 0.325 e. The lowest BCUT2D eigenvalue weighted by molar-refractivity contribution is -0.138. The van der Waals surface area contributed by atoms with Crippen LogP contribution in [0.5, 0.6) is 0 Å². The van der Waals surface area contributed by atoms with Gasteiger partial charge >= 0.3 is 12.0 Å². The fourth-order valence-corrected chi connectivity index (χ4v) is 3.12. The number of hydrogen-bond donors (Lipinski definition) is 3. The molecule has 2 unspecified atom stereocenters. The van der Waals surface area contributed by atoms with Crippen molar-refractivity contribution in [1.29, 1.82) is 0 Å². The van der Waals surface area contributed by atoms with E-state index in [2.05, 4.69) is 10.6 Å². The number of urea groups is 1. The Labute approximate surface area is 119 Å². The highest BCUT2D eigenvalue weighted by molar-refractivity contribution is 5.82. The average Bonchev–Trinajstić information content (AvgIpc) is 2.80. The maximum atomic E-state index is 11.5. The van der Waals surface area contributed by atoms with E-state index in [1.807, 2.05) is 0 Å². The summed E-state index contributed by atoms with van der Waals surface area (Å²) in [5.74, 6) is -1.04. The van der Waals surface area contributed by atoms with Gasteiger partial charge in [0.2, 0.25) is 0 Å². The number of carbonyl (C=O) groups is 2. The molecule has 2 rings (SSSR count). The third-order valence-corrected chi connectivity index (χ3v) is 4.31. The van der Waals surface area contributed by atoms with Crippen LogP contribution < -0.4 is 10.6 Å². The van der Waals surface area contributed by atoms with Crippen molar-refractivity contribution in [1.82, 2.24) is 10.6 Å². The molecular formula is C14H24N2O4. The van der Waals surface area contributed by atoms with Gasteiger partial charge in [0, 0.05) is 6.54 Å². The maximum absolute atomic E-state index is 11.5. The molecule has 0 bridgehead atoms. The first-order valence-corrected chi connectivity index (χ1v) is 7.46. The molecule has 2 fully saturated rings. The van der Waals surface area contributed by atoms with Crippen molar-refractivity contribution in [3.63, 3.8) is 0 Å². The summed E-state index contributed by atoms with van der Waals surface area (Å²) in [7, 11) is 0. The van der Waals surface area contributed by atoms with Gasteiger partial charge in [-0.05, 0) is 32.6 Å². The van der Waals surface area contributed by atoms with Crippen LogP contribution in [0.4, 0.5) is 4.79 Å². The van der Waals surface area contributed by atoms with E-state index in [-0.39, 0.29) is 11.7 Å². The Kier molecular flexibility index (Phi) is 4.86. The molecule has 0 aromatic carbocycles. The van der Waals surface area contributed by atoms with Crippen molar-refractivity contribution < 1.29 is 19.4 Å². The van der Waals surface area contributed by atoms with Crippen molar-refractivity contribution >= 4 is 12.0 Å². The van der Waals surface area contributed by atoms with Crippen molar-refractivity contribution in [3.8, 4) is 0 Å². The van der Waals surface area contributed by atoms with E-state index in [1.54, 1.807) is 0 Å². The Balaban J connectivity index is 1.70. The first-order valence-electron chi connectivity index (χ1n) is 7.46. The molecule has 0 aromatic heterocycles. The zero-order chi connectivity index (χ0) is 14.6. The van der Waals surface area contributed by atoms with Gasteiger partial charge < -0.3 is 20.5 Å². The quantitative estimate of drug-likeness (QED) is 0.732. The van der Waals surface area contributed by atoms with Crippen LogP contribution in [0.2, 0.25) is 0 Å². The van der Waals surface area contributed by atoms with E-state index >= 15 is 0 Å². The second kappa shape index (κ2) is 6.43. The Bertz CT molecular complexity index is 366. The second-order valence-electron chi connectivity index (χ2n) is 5.94. The second-order valence-corrected chi connectivity index (χ2v) is 5.94. The van der Waals surface area contributed by atoms with E-state index in [4.69, 9.17) is 9.84 Å². The number of nitrogens with one attached hydrogen (secondary N) is 2. The van der Waals surface area contributed by atoms with E-state index in [0.29, 0.717) is 6.54 Å². The summed E-state index contributed by atoms with van der Waals surface area (Å²) in [5, 5.41) is 13.8. The summed E-state index contributed by atoms with van der Waals surface area (Å²) in [5.41, 5.74) is 0.0510. The summed E-state index contributed by atoms with van der Waals surface area (Å²) >= 11 is 0. The fraction of sp³-hybridized carbons (Fsp3) is 0.857. The first kappa shape index (κ1) is 15.1. The number of carboxylic acids is 1. The molecule has 2 atom stereocenters. The van der Waals surface area contributed by atoms with Crippen LogP contribution in [0.15, 0.2) is 0 Å². The molecule has 0 radical (unpaired) electrons. The molecule has 0 aromatic rings. The molecule has 1 heterocycles. The van der Waals surface area contributed by atoms with E-state index in [0.717, 1.165) is 25.7 Å². The Morgan fingerprint density at radius 1 is 1.30 bits per heavy atom. The predicted molar refractivity (Wildman–Crippen MR) is 73.6 cm³/mol. The summed E-state index contributed by atoms with van der Waals surface area (Å²) in [6, 6.07) is -1.34. The van der Waals surface area contributed by atoms with Crippen molar-refractivity contribution in [3.05, 3.63) is 0 Å². The molecule has 1 aliphatic carbocycles. The van der Waals surface area contributed by atoms with Crippen LogP contribution in [-0.4, -0.2) is 41.4 Å². The van der Waals surface area contributed by atoms with Crippen molar-refractivity contribution in [2.45, 2.75) is 69.6 Å². The average molecular weight is 284 g/mol. The Morgan fingerprint density at radius 2 is 2.00 bits per heavy atom. The third kappa shape index (κ3) is 3.85. The molecule has 1 spiro atoms. The van der Waals surface area contributed by atoms with Crippen LogP contribution in [0.3, 0.4) is 0 Å². The minimum absolute atomic E-state index is 0.0510. The first-order chi connectivity index (χ1) is 9.51. The van der Waals surface area contributed by atoms with Gasteiger partial charge in [0.25, 0.3) is 0 Å². The highest BCUT2D eigenvalue weighted by atomic mass is 16.5. The van der Waals surface area contributed by atoms with E-state index in [1.165, 1.54) is 26.2 Å². The SMILES string of the molecule is CC(NC(=O)NCC1CCC2(CCCCC2)O1)C(=O)O. The number of hydrogen-bond acceptors (Lipinski definition) is 3. The van der Waals surface area contributed by atoms with Gasteiger partial charge in [0.1, 0.15) is 6.04 Å². The molecule has 1 saturated carbocycles. The van der Waals surface area contributed by atoms with Crippen LogP contribution in [0.25, 0.3) is 0 Å². The lowest BCUT2D eigenvalue weighted by Crippen LogP contribution is -2.46. The standard InChI is InChI=1S/C14H24N2O4/c1-10(12(17)18)16-13(19)15-9-11-5-8-14(20-11)6-3-2-4-7-14/h10-11H,2-9H2,1H3,(H,17,18)(H2,15,16,19). The molecule has 2 amide bonds. The lowest BCUT2D eigenvalue weighted by Gasteiger charge is -2.33. The van der Waals surface area contributed by atoms with Crippen LogP contribution in [0, 0.1) is 0 Å². The zero-order valence-electron chi connectivity index (χ0n) is 12.0. The monoisotopic (exact) mass is 284 g/mol. The molecule has 6 heteroatoms. The number of amides is 2. The van der Waals surface area contributed by atoms with Gasteiger partial charge in [0.15, 0.2) is 0 Å². The highest BCUT2D eigenvalue weighted by Crippen LogP contribution is 2.41. The van der Waals surface area contributed by atoms with Gasteiger partial charge in [-0.1, -0.05) is 19.3 Å². The predicted octanol–water partition coefficient (Wildman–Crippen LogP) is 1.64. The highest BCUT2D eigenvalue weighted by Gasteiger charge is 2.40. The lowest BCUT2D eigenvalue weighted by atomic mass is 9.83. The molecule has 2 aliphatic rings. The minimum atomic E-state index is -1.04. The van der Waals surface area contributed by atoms with Gasteiger partial charge in [-0.25, -0.2) is 4.79 Å². The summed E-state index contributed by atoms with van der Waals surface area (Å²) in [4.78, 5) is 22.2. The maximum Gasteiger partial charge on any atom is 0.325 e. The Morgan fingerprint density at radius 3 is 2.65 bits per heavy atom. The molecule has 1 aliphatic heterocycles. The topological polar surface area (TPSA) is 87.7 Å². The van der Waals surface area contributed by atoms with Gasteiger partial charge in [-0.3, -0.25) is 4.79 Å². The summed E-state index contributed by atoms with van der Waals surface area (Å²) < 4.78 is 6.13. The van der Waals surface area contributed by atoms with Gasteiger partial charge in [-0.15, -0.1) is 0 Å². The van der Waals surface area contributed by atoms with Crippen LogP contribution in [-0.2, 0) is 9.53 Å². The molecule has 6 nitrogen and oxygen atoms in total. The number of carboxylic acid groups (broad SMARTS) is 1. The molecule has 20 heavy (non-hydrogen) atoms. The van der Waals surface area contributed by atoms with E-state index < -0.39 is 18.0 Å². The third-order valence-electron chi connectivity index (χ3n) is 4.31. The Hall–Kier alpha value is -1.30. The number of aliphatic carboxylic acids is 1. The molecular weight excluding hydrogens is 260 g/mol. The molecule has 3 N–H and O–H groups in total. The summed E-state index contributed by atoms with van der Waals surface area (Å²) in [6.07, 6.45) is 8.12. The molecule has 114 valence electrons. The molecule has 1 saturated heterocycles. The van der Waals surface area contributed by atoms with Crippen LogP contribution >= 0.6 is 0 Å². The normalized spacial score (nSPS) is 26.1.